The number of ether oxygens (including phenoxy) is 1. The SMILES string of the molecule is O=c1[nH]c(SCCOc2ccccc2)nc2c1cnn2-c1cccc(Cl)c1. The predicted octanol–water partition coefficient (Wildman–Crippen LogP) is 3.93. The lowest BCUT2D eigenvalue weighted by Crippen LogP contribution is -2.10. The number of thioether (sulfide) groups is 1. The molecule has 2 aromatic heterocycles. The van der Waals surface area contributed by atoms with Crippen molar-refractivity contribution in [1.29, 1.82) is 0 Å². The Morgan fingerprint density at radius 3 is 2.81 bits per heavy atom. The molecule has 6 nitrogen and oxygen atoms in total. The van der Waals surface area contributed by atoms with Crippen LogP contribution in [0.2, 0.25) is 5.02 Å². The molecule has 1 N–H and O–H groups in total. The Labute approximate surface area is 164 Å². The average molecular weight is 399 g/mol. The predicted molar refractivity (Wildman–Crippen MR) is 107 cm³/mol. The maximum atomic E-state index is 12.3. The number of para-hydroxylation sites is 1. The molecule has 0 aliphatic carbocycles. The first-order chi connectivity index (χ1) is 13.2. The first-order valence-electron chi connectivity index (χ1n) is 8.25. The highest BCUT2D eigenvalue weighted by Gasteiger charge is 2.12. The van der Waals surface area contributed by atoms with Crippen LogP contribution in [0.1, 0.15) is 0 Å². The van der Waals surface area contributed by atoms with Gasteiger partial charge in [0, 0.05) is 10.8 Å². The average Bonchev–Trinajstić information content (AvgIpc) is 3.11. The van der Waals surface area contributed by atoms with Crippen molar-refractivity contribution in [3.63, 3.8) is 0 Å². The molecule has 0 atom stereocenters. The Balaban J connectivity index is 1.54. The van der Waals surface area contributed by atoms with Crippen LogP contribution in [-0.2, 0) is 0 Å². The van der Waals surface area contributed by atoms with Crippen molar-refractivity contribution < 1.29 is 4.74 Å². The van der Waals surface area contributed by atoms with Crippen molar-refractivity contribution in [3.05, 3.63) is 76.2 Å². The molecule has 4 aromatic rings. The quantitative estimate of drug-likeness (QED) is 0.302. The summed E-state index contributed by atoms with van der Waals surface area (Å²) < 4.78 is 7.28. The molecule has 0 saturated carbocycles. The third-order valence-electron chi connectivity index (χ3n) is 3.80. The fourth-order valence-electron chi connectivity index (χ4n) is 2.58. The second-order valence-electron chi connectivity index (χ2n) is 5.65. The molecule has 0 bridgehead atoms. The van der Waals surface area contributed by atoms with E-state index in [1.807, 2.05) is 42.5 Å². The largest absolute Gasteiger partial charge is 0.493 e. The second-order valence-corrected chi connectivity index (χ2v) is 7.17. The summed E-state index contributed by atoms with van der Waals surface area (Å²) in [4.78, 5) is 19.7. The highest BCUT2D eigenvalue weighted by molar-refractivity contribution is 7.99. The van der Waals surface area contributed by atoms with E-state index in [1.165, 1.54) is 18.0 Å². The van der Waals surface area contributed by atoms with Gasteiger partial charge in [0.1, 0.15) is 11.1 Å². The van der Waals surface area contributed by atoms with E-state index >= 15 is 0 Å². The molecule has 0 saturated heterocycles. The highest BCUT2D eigenvalue weighted by atomic mass is 35.5. The lowest BCUT2D eigenvalue weighted by molar-refractivity contribution is 0.344. The van der Waals surface area contributed by atoms with Crippen molar-refractivity contribution in [3.8, 4) is 11.4 Å². The molecule has 2 heterocycles. The summed E-state index contributed by atoms with van der Waals surface area (Å²) in [6.07, 6.45) is 1.51. The second kappa shape index (κ2) is 7.85. The zero-order valence-corrected chi connectivity index (χ0v) is 15.7. The van der Waals surface area contributed by atoms with Gasteiger partial charge >= 0.3 is 0 Å². The van der Waals surface area contributed by atoms with Crippen LogP contribution >= 0.6 is 23.4 Å². The zero-order valence-electron chi connectivity index (χ0n) is 14.1. The van der Waals surface area contributed by atoms with Gasteiger partial charge in [-0.05, 0) is 30.3 Å². The van der Waals surface area contributed by atoms with Crippen LogP contribution in [0.5, 0.6) is 5.75 Å². The van der Waals surface area contributed by atoms with Crippen molar-refractivity contribution in [2.24, 2.45) is 0 Å². The van der Waals surface area contributed by atoms with Gasteiger partial charge in [-0.15, -0.1) is 0 Å². The molecule has 0 fully saturated rings. The van der Waals surface area contributed by atoms with Gasteiger partial charge in [0.05, 0.1) is 18.5 Å². The number of aromatic nitrogens is 4. The van der Waals surface area contributed by atoms with Crippen molar-refractivity contribution in [2.45, 2.75) is 5.16 Å². The third kappa shape index (κ3) is 3.99. The molecule has 0 unspecified atom stereocenters. The summed E-state index contributed by atoms with van der Waals surface area (Å²) in [5.74, 6) is 1.46. The monoisotopic (exact) mass is 398 g/mol. The molecule has 2 aromatic carbocycles. The number of H-pyrrole nitrogens is 1. The van der Waals surface area contributed by atoms with Gasteiger partial charge in [-0.1, -0.05) is 47.6 Å². The van der Waals surface area contributed by atoms with E-state index < -0.39 is 0 Å². The van der Waals surface area contributed by atoms with Gasteiger partial charge in [-0.25, -0.2) is 9.67 Å². The lowest BCUT2D eigenvalue weighted by atomic mass is 10.3. The third-order valence-corrected chi connectivity index (χ3v) is 4.88. The van der Waals surface area contributed by atoms with Gasteiger partial charge in [0.2, 0.25) is 0 Å². The number of hydrogen-bond donors (Lipinski definition) is 1. The maximum Gasteiger partial charge on any atom is 0.262 e. The summed E-state index contributed by atoms with van der Waals surface area (Å²) in [7, 11) is 0. The van der Waals surface area contributed by atoms with Gasteiger partial charge in [0.15, 0.2) is 10.8 Å². The minimum absolute atomic E-state index is 0.222. The number of benzene rings is 2. The van der Waals surface area contributed by atoms with Crippen LogP contribution < -0.4 is 10.3 Å². The summed E-state index contributed by atoms with van der Waals surface area (Å²) in [5, 5.41) is 5.83. The molecule has 27 heavy (non-hydrogen) atoms. The van der Waals surface area contributed by atoms with Crippen LogP contribution in [0.4, 0.5) is 0 Å². The molecule has 0 radical (unpaired) electrons. The van der Waals surface area contributed by atoms with E-state index in [-0.39, 0.29) is 5.56 Å². The van der Waals surface area contributed by atoms with E-state index in [4.69, 9.17) is 16.3 Å². The summed E-state index contributed by atoms with van der Waals surface area (Å²) in [5.41, 5.74) is 1.02. The molecule has 136 valence electrons. The number of halogens is 1. The van der Waals surface area contributed by atoms with Gasteiger partial charge < -0.3 is 9.72 Å². The Morgan fingerprint density at radius 1 is 1.15 bits per heavy atom. The van der Waals surface area contributed by atoms with E-state index in [2.05, 4.69) is 15.1 Å². The molecule has 0 amide bonds. The standard InChI is InChI=1S/C19H15ClN4O2S/c20-13-5-4-6-14(11-13)24-17-16(12-21-24)18(25)23-19(22-17)27-10-9-26-15-7-2-1-3-8-15/h1-8,11-12H,9-10H2,(H,22,23,25). The topological polar surface area (TPSA) is 72.8 Å². The van der Waals surface area contributed by atoms with E-state index in [0.717, 1.165) is 11.4 Å². The van der Waals surface area contributed by atoms with Crippen LogP contribution in [-0.4, -0.2) is 32.1 Å². The first kappa shape index (κ1) is 17.6. The fraction of sp³-hybridized carbons (Fsp3) is 0.105. The normalized spacial score (nSPS) is 11.0. The number of nitrogens with one attached hydrogen (secondary N) is 1. The van der Waals surface area contributed by atoms with Gasteiger partial charge in [0.25, 0.3) is 5.56 Å². The minimum Gasteiger partial charge on any atom is -0.493 e. The Bertz CT molecular complexity index is 1130. The van der Waals surface area contributed by atoms with Crippen LogP contribution in [0.3, 0.4) is 0 Å². The van der Waals surface area contributed by atoms with Crippen LogP contribution in [0.25, 0.3) is 16.7 Å². The molecule has 8 heteroatoms. The van der Waals surface area contributed by atoms with Crippen molar-refractivity contribution in [2.75, 3.05) is 12.4 Å². The van der Waals surface area contributed by atoms with E-state index in [1.54, 1.807) is 16.8 Å². The van der Waals surface area contributed by atoms with Crippen molar-refractivity contribution >= 4 is 34.4 Å². The first-order valence-corrected chi connectivity index (χ1v) is 9.62. The lowest BCUT2D eigenvalue weighted by Gasteiger charge is -2.06. The van der Waals surface area contributed by atoms with Crippen LogP contribution in [0.15, 0.2) is 70.7 Å². The summed E-state index contributed by atoms with van der Waals surface area (Å²) in [6, 6.07) is 16.8. The molecular weight excluding hydrogens is 384 g/mol. The minimum atomic E-state index is -0.222. The van der Waals surface area contributed by atoms with Gasteiger partial charge in [-0.3, -0.25) is 4.79 Å². The smallest absolute Gasteiger partial charge is 0.262 e. The summed E-state index contributed by atoms with van der Waals surface area (Å²) in [6.45, 7) is 0.504. The Kier molecular flexibility index (Phi) is 5.13. The number of fused-ring (bicyclic) bond motifs is 1. The highest BCUT2D eigenvalue weighted by Crippen LogP contribution is 2.20. The number of rotatable bonds is 6. The van der Waals surface area contributed by atoms with Crippen LogP contribution in [0, 0.1) is 0 Å². The van der Waals surface area contributed by atoms with Crippen molar-refractivity contribution in [1.82, 2.24) is 19.7 Å². The Hall–Kier alpha value is -2.77. The molecule has 0 aliphatic rings. The summed E-state index contributed by atoms with van der Waals surface area (Å²) >= 11 is 7.48. The number of nitrogens with zero attached hydrogens (tertiary/aromatic N) is 3. The Morgan fingerprint density at radius 2 is 2.00 bits per heavy atom. The molecular formula is C19H15ClN4O2S. The van der Waals surface area contributed by atoms with E-state index in [9.17, 15) is 4.79 Å². The fourth-order valence-corrected chi connectivity index (χ4v) is 3.44. The zero-order chi connectivity index (χ0) is 18.6. The number of aromatic amines is 1. The van der Waals surface area contributed by atoms with Gasteiger partial charge in [-0.2, -0.15) is 5.10 Å². The maximum absolute atomic E-state index is 12.3. The molecule has 0 aliphatic heterocycles. The number of hydrogen-bond acceptors (Lipinski definition) is 5. The molecule has 0 spiro atoms. The molecule has 4 rings (SSSR count). The van der Waals surface area contributed by atoms with E-state index in [0.29, 0.717) is 33.6 Å².